The largest absolute Gasteiger partial charge is 0.489 e. The van der Waals surface area contributed by atoms with Crippen LogP contribution in [0.25, 0.3) is 0 Å². The van der Waals surface area contributed by atoms with E-state index >= 15 is 0 Å². The number of hydrogen-bond acceptors (Lipinski definition) is 4. The van der Waals surface area contributed by atoms with Crippen molar-refractivity contribution in [3.63, 3.8) is 0 Å². The summed E-state index contributed by atoms with van der Waals surface area (Å²) in [7, 11) is 0. The van der Waals surface area contributed by atoms with Gasteiger partial charge in [0.25, 0.3) is 0 Å². The third kappa shape index (κ3) is 7.61. The third-order valence-electron chi connectivity index (χ3n) is 2.74. The Hall–Kier alpha value is -0.140. The van der Waals surface area contributed by atoms with Crippen molar-refractivity contribution in [2.45, 2.75) is 32.9 Å². The van der Waals surface area contributed by atoms with Crippen LogP contribution in [0.3, 0.4) is 0 Å². The average molecular weight is 424 g/mol. The standard InChI is InChI=1S/C15H24Br2N2O2/c1-11(2)21-15-13(16)8-12(9-14(15)17)10-19-5-3-4-18-6-7-20/h8-9,11,18-20H,3-7,10H2,1-2H3. The van der Waals surface area contributed by atoms with Crippen molar-refractivity contribution in [1.82, 2.24) is 10.6 Å². The second-order valence-electron chi connectivity index (χ2n) is 5.06. The summed E-state index contributed by atoms with van der Waals surface area (Å²) in [6.45, 7) is 7.56. The van der Waals surface area contributed by atoms with Crippen LogP contribution in [0.1, 0.15) is 25.8 Å². The Morgan fingerprint density at radius 2 is 1.71 bits per heavy atom. The molecule has 0 heterocycles. The van der Waals surface area contributed by atoms with Gasteiger partial charge in [-0.3, -0.25) is 0 Å². The second-order valence-corrected chi connectivity index (χ2v) is 6.77. The first-order chi connectivity index (χ1) is 10.0. The molecule has 0 aliphatic rings. The minimum absolute atomic E-state index is 0.146. The molecule has 1 aromatic carbocycles. The Morgan fingerprint density at radius 3 is 2.29 bits per heavy atom. The maximum absolute atomic E-state index is 8.65. The molecule has 0 saturated heterocycles. The van der Waals surface area contributed by atoms with Gasteiger partial charge in [-0.2, -0.15) is 0 Å². The maximum Gasteiger partial charge on any atom is 0.148 e. The highest BCUT2D eigenvalue weighted by Gasteiger charge is 2.10. The van der Waals surface area contributed by atoms with Crippen molar-refractivity contribution in [2.24, 2.45) is 0 Å². The minimum Gasteiger partial charge on any atom is -0.489 e. The van der Waals surface area contributed by atoms with Crippen LogP contribution in [0.15, 0.2) is 21.1 Å². The Labute approximate surface area is 143 Å². The molecule has 6 heteroatoms. The van der Waals surface area contributed by atoms with E-state index in [-0.39, 0.29) is 12.7 Å². The molecular formula is C15H24Br2N2O2. The lowest BCUT2D eigenvalue weighted by molar-refractivity contribution is 0.239. The van der Waals surface area contributed by atoms with Gasteiger partial charge in [-0.05, 0) is 82.9 Å². The number of benzene rings is 1. The molecule has 0 spiro atoms. The summed E-state index contributed by atoms with van der Waals surface area (Å²) in [5.41, 5.74) is 1.20. The highest BCUT2D eigenvalue weighted by atomic mass is 79.9. The molecular weight excluding hydrogens is 400 g/mol. The number of aliphatic hydroxyl groups excluding tert-OH is 1. The second kappa shape index (κ2) is 10.6. The lowest BCUT2D eigenvalue weighted by Crippen LogP contribution is -2.23. The summed E-state index contributed by atoms with van der Waals surface area (Å²) in [6.07, 6.45) is 1.18. The molecule has 1 aromatic rings. The summed E-state index contributed by atoms with van der Waals surface area (Å²) in [5.74, 6) is 0.849. The van der Waals surface area contributed by atoms with Crippen LogP contribution in [0.4, 0.5) is 0 Å². The number of halogens is 2. The topological polar surface area (TPSA) is 53.5 Å². The van der Waals surface area contributed by atoms with Gasteiger partial charge in [0, 0.05) is 13.1 Å². The van der Waals surface area contributed by atoms with Crippen LogP contribution in [-0.4, -0.2) is 37.5 Å². The van der Waals surface area contributed by atoms with Crippen molar-refractivity contribution >= 4 is 31.9 Å². The smallest absolute Gasteiger partial charge is 0.148 e. The zero-order valence-corrected chi connectivity index (χ0v) is 15.8. The number of hydrogen-bond donors (Lipinski definition) is 3. The van der Waals surface area contributed by atoms with Crippen LogP contribution < -0.4 is 15.4 Å². The summed E-state index contributed by atoms with van der Waals surface area (Å²) in [4.78, 5) is 0. The highest BCUT2D eigenvalue weighted by Crippen LogP contribution is 2.35. The predicted octanol–water partition coefficient (Wildman–Crippen LogP) is 3.06. The van der Waals surface area contributed by atoms with E-state index in [1.54, 1.807) is 0 Å². The van der Waals surface area contributed by atoms with E-state index in [0.717, 1.165) is 40.8 Å². The molecule has 0 aliphatic carbocycles. The quantitative estimate of drug-likeness (QED) is 0.506. The molecule has 0 atom stereocenters. The van der Waals surface area contributed by atoms with Gasteiger partial charge in [-0.1, -0.05) is 0 Å². The van der Waals surface area contributed by atoms with Gasteiger partial charge in [-0.15, -0.1) is 0 Å². The highest BCUT2D eigenvalue weighted by molar-refractivity contribution is 9.11. The van der Waals surface area contributed by atoms with Gasteiger partial charge in [0.15, 0.2) is 0 Å². The molecule has 0 fully saturated rings. The normalized spacial score (nSPS) is 11.1. The molecule has 0 bridgehead atoms. The monoisotopic (exact) mass is 422 g/mol. The molecule has 4 nitrogen and oxygen atoms in total. The Kier molecular flexibility index (Phi) is 9.51. The third-order valence-corrected chi connectivity index (χ3v) is 3.91. The van der Waals surface area contributed by atoms with Gasteiger partial charge in [-0.25, -0.2) is 0 Å². The maximum atomic E-state index is 8.65. The van der Waals surface area contributed by atoms with Crippen LogP contribution in [0.2, 0.25) is 0 Å². The van der Waals surface area contributed by atoms with E-state index in [9.17, 15) is 0 Å². The molecule has 0 aliphatic heterocycles. The first-order valence-corrected chi connectivity index (χ1v) is 8.80. The lowest BCUT2D eigenvalue weighted by atomic mass is 10.2. The molecule has 0 aromatic heterocycles. The summed E-state index contributed by atoms with van der Waals surface area (Å²) in [5, 5.41) is 15.2. The molecule has 120 valence electrons. The SMILES string of the molecule is CC(C)Oc1c(Br)cc(CNCCCNCCO)cc1Br. The fourth-order valence-corrected chi connectivity index (χ4v) is 3.31. The number of nitrogens with one attached hydrogen (secondary N) is 2. The molecule has 0 unspecified atom stereocenters. The Morgan fingerprint density at radius 1 is 1.10 bits per heavy atom. The lowest BCUT2D eigenvalue weighted by Gasteiger charge is -2.15. The number of ether oxygens (including phenoxy) is 1. The Balaban J connectivity index is 2.39. The van der Waals surface area contributed by atoms with E-state index in [4.69, 9.17) is 9.84 Å². The molecule has 1 rings (SSSR count). The Bertz CT molecular complexity index is 405. The van der Waals surface area contributed by atoms with Crippen molar-refractivity contribution in [1.29, 1.82) is 0 Å². The van der Waals surface area contributed by atoms with Gasteiger partial charge in [0.2, 0.25) is 0 Å². The summed E-state index contributed by atoms with van der Waals surface area (Å²) >= 11 is 7.12. The van der Waals surface area contributed by atoms with E-state index < -0.39 is 0 Å². The number of rotatable bonds is 10. The molecule has 0 radical (unpaired) electrons. The number of aliphatic hydroxyl groups is 1. The van der Waals surface area contributed by atoms with Crippen LogP contribution in [0.5, 0.6) is 5.75 Å². The van der Waals surface area contributed by atoms with Crippen LogP contribution >= 0.6 is 31.9 Å². The van der Waals surface area contributed by atoms with E-state index in [1.807, 2.05) is 13.8 Å². The summed E-state index contributed by atoms with van der Waals surface area (Å²) < 4.78 is 7.70. The van der Waals surface area contributed by atoms with E-state index in [0.29, 0.717) is 6.54 Å². The zero-order valence-electron chi connectivity index (χ0n) is 12.6. The fourth-order valence-electron chi connectivity index (χ4n) is 1.84. The first-order valence-electron chi connectivity index (χ1n) is 7.21. The molecule has 0 saturated carbocycles. The molecule has 21 heavy (non-hydrogen) atoms. The van der Waals surface area contributed by atoms with Crippen molar-refractivity contribution in [3.8, 4) is 5.75 Å². The average Bonchev–Trinajstić information content (AvgIpc) is 2.42. The fraction of sp³-hybridized carbons (Fsp3) is 0.600. The van der Waals surface area contributed by atoms with Crippen LogP contribution in [-0.2, 0) is 6.54 Å². The van der Waals surface area contributed by atoms with Crippen LogP contribution in [0, 0.1) is 0 Å². The van der Waals surface area contributed by atoms with Crippen molar-refractivity contribution in [3.05, 3.63) is 26.6 Å². The predicted molar refractivity (Wildman–Crippen MR) is 93.9 cm³/mol. The van der Waals surface area contributed by atoms with Crippen molar-refractivity contribution < 1.29 is 9.84 Å². The molecule has 3 N–H and O–H groups in total. The minimum atomic E-state index is 0.146. The van der Waals surface area contributed by atoms with Gasteiger partial charge < -0.3 is 20.5 Å². The first kappa shape index (κ1) is 18.9. The summed E-state index contributed by atoms with van der Waals surface area (Å²) in [6, 6.07) is 4.17. The van der Waals surface area contributed by atoms with Gasteiger partial charge in [0.1, 0.15) is 5.75 Å². The van der Waals surface area contributed by atoms with E-state index in [2.05, 4.69) is 54.6 Å². The van der Waals surface area contributed by atoms with Gasteiger partial charge in [0.05, 0.1) is 21.7 Å². The molecule has 0 amide bonds. The van der Waals surface area contributed by atoms with E-state index in [1.165, 1.54) is 5.56 Å². The van der Waals surface area contributed by atoms with Gasteiger partial charge >= 0.3 is 0 Å². The zero-order chi connectivity index (χ0) is 15.7. The van der Waals surface area contributed by atoms with Crippen molar-refractivity contribution in [2.75, 3.05) is 26.2 Å².